The largest absolute Gasteiger partial charge is 0.378 e. The molecule has 3 nitrogen and oxygen atoms in total. The monoisotopic (exact) mass is 254 g/mol. The Morgan fingerprint density at radius 3 is 2.89 bits per heavy atom. The molecule has 2 heterocycles. The Morgan fingerprint density at radius 1 is 1.39 bits per heavy atom. The number of hydrogen-bond acceptors (Lipinski definition) is 3. The van der Waals surface area contributed by atoms with Crippen molar-refractivity contribution >= 4 is 0 Å². The summed E-state index contributed by atoms with van der Waals surface area (Å²) >= 11 is 0. The van der Waals surface area contributed by atoms with E-state index < -0.39 is 0 Å². The number of nitrogens with one attached hydrogen (secondary N) is 1. The van der Waals surface area contributed by atoms with Crippen molar-refractivity contribution in [3.8, 4) is 0 Å². The zero-order chi connectivity index (χ0) is 13.0. The zero-order valence-electron chi connectivity index (χ0n) is 12.4. The van der Waals surface area contributed by atoms with E-state index in [9.17, 15) is 0 Å². The number of nitrogens with zero attached hydrogens (tertiary/aromatic N) is 1. The fourth-order valence-electron chi connectivity index (χ4n) is 3.27. The molecule has 2 aliphatic rings. The van der Waals surface area contributed by atoms with Crippen molar-refractivity contribution in [2.45, 2.75) is 70.6 Å². The first-order valence-corrected chi connectivity index (χ1v) is 7.71. The highest BCUT2D eigenvalue weighted by molar-refractivity contribution is 4.91. The maximum absolute atomic E-state index is 5.71. The van der Waals surface area contributed by atoms with Crippen LogP contribution in [-0.4, -0.2) is 48.8 Å². The lowest BCUT2D eigenvalue weighted by molar-refractivity contribution is 0.0739. The van der Waals surface area contributed by atoms with Crippen LogP contribution in [0.4, 0.5) is 0 Å². The first-order chi connectivity index (χ1) is 8.61. The van der Waals surface area contributed by atoms with Crippen LogP contribution in [0.2, 0.25) is 0 Å². The molecule has 0 aromatic carbocycles. The van der Waals surface area contributed by atoms with E-state index in [1.165, 1.54) is 45.2 Å². The molecule has 0 bridgehead atoms. The minimum Gasteiger partial charge on any atom is -0.378 e. The van der Waals surface area contributed by atoms with Gasteiger partial charge in [0.15, 0.2) is 0 Å². The summed E-state index contributed by atoms with van der Waals surface area (Å²) in [5.74, 6) is 0. The van der Waals surface area contributed by atoms with Gasteiger partial charge in [-0.25, -0.2) is 0 Å². The van der Waals surface area contributed by atoms with E-state index >= 15 is 0 Å². The van der Waals surface area contributed by atoms with Crippen LogP contribution in [-0.2, 0) is 4.74 Å². The molecule has 0 aliphatic carbocycles. The highest BCUT2D eigenvalue weighted by Gasteiger charge is 2.31. The highest BCUT2D eigenvalue weighted by atomic mass is 16.5. The summed E-state index contributed by atoms with van der Waals surface area (Å²) in [4.78, 5) is 2.69. The number of piperazine rings is 1. The van der Waals surface area contributed by atoms with E-state index in [1.807, 2.05) is 0 Å². The quantitative estimate of drug-likeness (QED) is 0.815. The minimum absolute atomic E-state index is 0.273. The average molecular weight is 254 g/mol. The number of hydrogen-bond donors (Lipinski definition) is 1. The third-order valence-electron chi connectivity index (χ3n) is 4.40. The van der Waals surface area contributed by atoms with Crippen LogP contribution in [0.5, 0.6) is 0 Å². The number of ether oxygens (including phenoxy) is 1. The van der Waals surface area contributed by atoms with Gasteiger partial charge in [-0.2, -0.15) is 0 Å². The SMILES string of the molecule is CCC1CNC(C)(C)CN1CCCC1CCCO1. The Labute approximate surface area is 112 Å². The van der Waals surface area contributed by atoms with Crippen LogP contribution in [0.15, 0.2) is 0 Å². The summed E-state index contributed by atoms with van der Waals surface area (Å²) in [5, 5.41) is 3.65. The van der Waals surface area contributed by atoms with Crippen LogP contribution < -0.4 is 5.32 Å². The van der Waals surface area contributed by atoms with Crippen molar-refractivity contribution in [3.05, 3.63) is 0 Å². The minimum atomic E-state index is 0.273. The van der Waals surface area contributed by atoms with Crippen LogP contribution >= 0.6 is 0 Å². The molecular weight excluding hydrogens is 224 g/mol. The molecule has 0 aromatic heterocycles. The van der Waals surface area contributed by atoms with Gasteiger partial charge in [-0.3, -0.25) is 4.90 Å². The lowest BCUT2D eigenvalue weighted by atomic mass is 9.97. The molecular formula is C15H30N2O. The van der Waals surface area contributed by atoms with E-state index in [2.05, 4.69) is 31.0 Å². The first-order valence-electron chi connectivity index (χ1n) is 7.71. The Bertz CT molecular complexity index is 249. The molecule has 18 heavy (non-hydrogen) atoms. The fourth-order valence-corrected chi connectivity index (χ4v) is 3.27. The molecule has 1 N–H and O–H groups in total. The third kappa shape index (κ3) is 3.94. The Balaban J connectivity index is 1.74. The fraction of sp³-hybridized carbons (Fsp3) is 1.00. The van der Waals surface area contributed by atoms with E-state index in [0.717, 1.165) is 19.2 Å². The summed E-state index contributed by atoms with van der Waals surface area (Å²) in [5.41, 5.74) is 0.273. The Hall–Kier alpha value is -0.120. The summed E-state index contributed by atoms with van der Waals surface area (Å²) in [6.45, 7) is 11.5. The van der Waals surface area contributed by atoms with Crippen molar-refractivity contribution in [2.75, 3.05) is 26.2 Å². The molecule has 2 rings (SSSR count). The van der Waals surface area contributed by atoms with Gasteiger partial charge in [0.25, 0.3) is 0 Å². The maximum Gasteiger partial charge on any atom is 0.0576 e. The molecule has 106 valence electrons. The smallest absolute Gasteiger partial charge is 0.0576 e. The Morgan fingerprint density at radius 2 is 2.22 bits per heavy atom. The molecule has 2 aliphatic heterocycles. The van der Waals surface area contributed by atoms with Crippen LogP contribution in [0.1, 0.15) is 52.9 Å². The number of rotatable bonds is 5. The van der Waals surface area contributed by atoms with E-state index in [0.29, 0.717) is 6.10 Å². The standard InChI is InChI=1S/C15H30N2O/c1-4-13-11-16-15(2,3)12-17(13)9-5-7-14-8-6-10-18-14/h13-14,16H,4-12H2,1-3H3. The molecule has 2 atom stereocenters. The molecule has 0 spiro atoms. The second-order valence-electron chi connectivity index (χ2n) is 6.57. The summed E-state index contributed by atoms with van der Waals surface area (Å²) in [7, 11) is 0. The molecule has 0 radical (unpaired) electrons. The van der Waals surface area contributed by atoms with E-state index in [1.54, 1.807) is 0 Å². The van der Waals surface area contributed by atoms with Gasteiger partial charge in [0.2, 0.25) is 0 Å². The van der Waals surface area contributed by atoms with Gasteiger partial charge in [0.1, 0.15) is 0 Å². The second-order valence-corrected chi connectivity index (χ2v) is 6.57. The molecule has 0 saturated carbocycles. The summed E-state index contributed by atoms with van der Waals surface area (Å²) in [6.07, 6.45) is 6.90. The molecule has 3 heteroatoms. The first kappa shape index (κ1) is 14.3. The van der Waals surface area contributed by atoms with Gasteiger partial charge < -0.3 is 10.1 Å². The summed E-state index contributed by atoms with van der Waals surface area (Å²) < 4.78 is 5.71. The molecule has 2 unspecified atom stereocenters. The third-order valence-corrected chi connectivity index (χ3v) is 4.40. The lowest BCUT2D eigenvalue weighted by Crippen LogP contribution is -2.61. The van der Waals surface area contributed by atoms with E-state index in [-0.39, 0.29) is 5.54 Å². The van der Waals surface area contributed by atoms with Crippen molar-refractivity contribution in [1.82, 2.24) is 10.2 Å². The topological polar surface area (TPSA) is 24.5 Å². The highest BCUT2D eigenvalue weighted by Crippen LogP contribution is 2.20. The van der Waals surface area contributed by atoms with Gasteiger partial charge in [-0.15, -0.1) is 0 Å². The second kappa shape index (κ2) is 6.36. The van der Waals surface area contributed by atoms with E-state index in [4.69, 9.17) is 4.74 Å². The van der Waals surface area contributed by atoms with Gasteiger partial charge in [0.05, 0.1) is 6.10 Å². The average Bonchev–Trinajstić information content (AvgIpc) is 2.81. The zero-order valence-corrected chi connectivity index (χ0v) is 12.4. The van der Waals surface area contributed by atoms with Crippen LogP contribution in [0.25, 0.3) is 0 Å². The van der Waals surface area contributed by atoms with Gasteiger partial charge in [-0.05, 0) is 52.5 Å². The Kier molecular flexibility index (Phi) is 5.05. The predicted molar refractivity (Wildman–Crippen MR) is 75.9 cm³/mol. The van der Waals surface area contributed by atoms with Crippen molar-refractivity contribution in [2.24, 2.45) is 0 Å². The molecule has 0 aromatic rings. The van der Waals surface area contributed by atoms with Crippen LogP contribution in [0, 0.1) is 0 Å². The summed E-state index contributed by atoms with van der Waals surface area (Å²) in [6, 6.07) is 0.725. The van der Waals surface area contributed by atoms with Gasteiger partial charge in [-0.1, -0.05) is 6.92 Å². The van der Waals surface area contributed by atoms with Gasteiger partial charge >= 0.3 is 0 Å². The van der Waals surface area contributed by atoms with Crippen molar-refractivity contribution in [3.63, 3.8) is 0 Å². The molecule has 0 amide bonds. The predicted octanol–water partition coefficient (Wildman–Crippen LogP) is 2.41. The van der Waals surface area contributed by atoms with Gasteiger partial charge in [0, 0.05) is 31.3 Å². The van der Waals surface area contributed by atoms with Crippen LogP contribution in [0.3, 0.4) is 0 Å². The molecule has 2 saturated heterocycles. The maximum atomic E-state index is 5.71. The van der Waals surface area contributed by atoms with Crippen molar-refractivity contribution < 1.29 is 4.74 Å². The lowest BCUT2D eigenvalue weighted by Gasteiger charge is -2.44. The normalized spacial score (nSPS) is 32.8. The molecule has 2 fully saturated rings. The van der Waals surface area contributed by atoms with Crippen molar-refractivity contribution in [1.29, 1.82) is 0 Å².